The Kier molecular flexibility index (Phi) is 4.79. The second-order valence-corrected chi connectivity index (χ2v) is 8.35. The van der Waals surface area contributed by atoms with Crippen molar-refractivity contribution < 1.29 is 0 Å². The molecule has 2 aliphatic rings. The summed E-state index contributed by atoms with van der Waals surface area (Å²) in [6.07, 6.45) is 6.86. The second-order valence-electron chi connectivity index (χ2n) is 8.35. The van der Waals surface area contributed by atoms with Gasteiger partial charge in [-0.15, -0.1) is 5.10 Å². The molecule has 6 nitrogen and oxygen atoms in total. The van der Waals surface area contributed by atoms with Gasteiger partial charge in [0.25, 0.3) is 0 Å². The Morgan fingerprint density at radius 1 is 1.03 bits per heavy atom. The minimum atomic E-state index is 0.369. The molecule has 150 valence electrons. The van der Waals surface area contributed by atoms with Gasteiger partial charge in [0.15, 0.2) is 5.82 Å². The molecule has 1 aliphatic carbocycles. The summed E-state index contributed by atoms with van der Waals surface area (Å²) in [6.45, 7) is 1.91. The summed E-state index contributed by atoms with van der Waals surface area (Å²) in [4.78, 5) is 14.3. The maximum absolute atomic E-state index is 5.00. The van der Waals surface area contributed by atoms with Crippen molar-refractivity contribution in [2.75, 3.05) is 25.5 Å². The molecular weight excluding hydrogens is 360 g/mol. The topological polar surface area (TPSA) is 50.1 Å². The summed E-state index contributed by atoms with van der Waals surface area (Å²) in [7, 11) is 4.13. The summed E-state index contributed by atoms with van der Waals surface area (Å²) in [5.74, 6) is 1.82. The number of anilines is 1. The molecule has 1 unspecified atom stereocenters. The molecule has 29 heavy (non-hydrogen) atoms. The second kappa shape index (κ2) is 7.59. The predicted octanol–water partition coefficient (Wildman–Crippen LogP) is 3.75. The van der Waals surface area contributed by atoms with Crippen molar-refractivity contribution in [3.05, 3.63) is 60.0 Å². The van der Waals surface area contributed by atoms with Crippen LogP contribution in [0.1, 0.15) is 43.1 Å². The summed E-state index contributed by atoms with van der Waals surface area (Å²) in [5, 5.41) is 4.90. The maximum atomic E-state index is 5.00. The van der Waals surface area contributed by atoms with E-state index in [-0.39, 0.29) is 0 Å². The van der Waals surface area contributed by atoms with Gasteiger partial charge in [-0.25, -0.2) is 9.67 Å². The molecule has 1 saturated carbocycles. The zero-order valence-electron chi connectivity index (χ0n) is 17.2. The Balaban J connectivity index is 1.49. The Labute approximate surface area is 172 Å². The van der Waals surface area contributed by atoms with E-state index in [2.05, 4.69) is 57.8 Å². The lowest BCUT2D eigenvalue weighted by Crippen LogP contribution is -2.28. The van der Waals surface area contributed by atoms with Crippen molar-refractivity contribution in [1.29, 1.82) is 0 Å². The van der Waals surface area contributed by atoms with E-state index in [0.717, 1.165) is 36.4 Å². The van der Waals surface area contributed by atoms with Gasteiger partial charge in [0.2, 0.25) is 0 Å². The average molecular weight is 389 g/mol. The van der Waals surface area contributed by atoms with Gasteiger partial charge in [-0.1, -0.05) is 18.2 Å². The fourth-order valence-corrected chi connectivity index (χ4v) is 4.30. The Hall–Kier alpha value is -2.73. The van der Waals surface area contributed by atoms with Crippen LogP contribution in [0.4, 0.5) is 5.69 Å². The van der Waals surface area contributed by atoms with Crippen LogP contribution in [0.15, 0.2) is 48.7 Å². The lowest BCUT2D eigenvalue weighted by molar-refractivity contribution is 0.232. The lowest BCUT2D eigenvalue weighted by atomic mass is 10.1. The summed E-state index contributed by atoms with van der Waals surface area (Å²) >= 11 is 0. The van der Waals surface area contributed by atoms with Gasteiger partial charge in [-0.3, -0.25) is 9.88 Å². The van der Waals surface area contributed by atoms with E-state index in [0.29, 0.717) is 6.04 Å². The van der Waals surface area contributed by atoms with Gasteiger partial charge in [0.05, 0.1) is 12.6 Å². The van der Waals surface area contributed by atoms with E-state index in [9.17, 15) is 0 Å². The molecule has 1 aliphatic heterocycles. The molecule has 0 bridgehead atoms. The molecule has 3 aromatic rings. The van der Waals surface area contributed by atoms with Gasteiger partial charge in [-0.05, 0) is 62.1 Å². The van der Waals surface area contributed by atoms with Crippen molar-refractivity contribution in [2.24, 2.45) is 0 Å². The van der Waals surface area contributed by atoms with E-state index in [1.54, 1.807) is 0 Å². The number of benzene rings is 1. The predicted molar refractivity (Wildman–Crippen MR) is 115 cm³/mol. The van der Waals surface area contributed by atoms with Crippen molar-refractivity contribution in [2.45, 2.75) is 44.3 Å². The van der Waals surface area contributed by atoms with Crippen LogP contribution in [0.25, 0.3) is 11.5 Å². The minimum absolute atomic E-state index is 0.369. The maximum Gasteiger partial charge on any atom is 0.200 e. The first kappa shape index (κ1) is 18.3. The number of hydrogen-bond acceptors (Lipinski definition) is 5. The number of nitrogens with zero attached hydrogens (tertiary/aromatic N) is 6. The minimum Gasteiger partial charge on any atom is -0.378 e. The molecule has 0 radical (unpaired) electrons. The number of pyridine rings is 1. The lowest BCUT2D eigenvalue weighted by Gasteiger charge is -2.23. The first-order chi connectivity index (χ1) is 14.2. The highest BCUT2D eigenvalue weighted by molar-refractivity contribution is 5.48. The number of hydrogen-bond donors (Lipinski definition) is 0. The van der Waals surface area contributed by atoms with Gasteiger partial charge in [-0.2, -0.15) is 0 Å². The normalized spacial score (nSPS) is 19.6. The van der Waals surface area contributed by atoms with Gasteiger partial charge >= 0.3 is 0 Å². The first-order valence-corrected chi connectivity index (χ1v) is 10.6. The van der Waals surface area contributed by atoms with Gasteiger partial charge < -0.3 is 4.90 Å². The molecule has 0 amide bonds. The smallest absolute Gasteiger partial charge is 0.200 e. The van der Waals surface area contributed by atoms with E-state index in [1.807, 2.05) is 24.4 Å². The van der Waals surface area contributed by atoms with Crippen molar-refractivity contribution in [3.63, 3.8) is 0 Å². The Bertz CT molecular complexity index is 959. The quantitative estimate of drug-likeness (QED) is 0.644. The van der Waals surface area contributed by atoms with Crippen molar-refractivity contribution >= 4 is 5.69 Å². The third kappa shape index (κ3) is 3.77. The van der Waals surface area contributed by atoms with Crippen LogP contribution in [0.3, 0.4) is 0 Å². The highest BCUT2D eigenvalue weighted by Crippen LogP contribution is 2.40. The summed E-state index contributed by atoms with van der Waals surface area (Å²) in [5.41, 5.74) is 3.29. The molecule has 5 rings (SSSR count). The Morgan fingerprint density at radius 2 is 1.86 bits per heavy atom. The van der Waals surface area contributed by atoms with Gasteiger partial charge in [0, 0.05) is 32.0 Å². The molecular formula is C23H28N6. The molecule has 3 heterocycles. The van der Waals surface area contributed by atoms with Crippen LogP contribution in [-0.2, 0) is 6.54 Å². The molecule has 1 aromatic carbocycles. The van der Waals surface area contributed by atoms with Crippen molar-refractivity contribution in [3.8, 4) is 11.5 Å². The Morgan fingerprint density at radius 3 is 2.55 bits per heavy atom. The molecule has 2 fully saturated rings. The fraction of sp³-hybridized carbons (Fsp3) is 0.435. The average Bonchev–Trinajstić information content (AvgIpc) is 3.32. The summed E-state index contributed by atoms with van der Waals surface area (Å²) < 4.78 is 2.11. The van der Waals surface area contributed by atoms with E-state index in [1.165, 1.54) is 37.1 Å². The first-order valence-electron chi connectivity index (χ1n) is 10.6. The third-order valence-corrected chi connectivity index (χ3v) is 5.99. The number of rotatable bonds is 6. The van der Waals surface area contributed by atoms with Crippen LogP contribution < -0.4 is 4.90 Å². The van der Waals surface area contributed by atoms with E-state index in [4.69, 9.17) is 10.1 Å². The van der Waals surface area contributed by atoms with E-state index < -0.39 is 0 Å². The van der Waals surface area contributed by atoms with Crippen molar-refractivity contribution in [1.82, 2.24) is 24.6 Å². The standard InChI is InChI=1S/C23H28N6/c1-27(2)18-10-8-17(9-11-18)16-29-23(21-7-5-15-28(21)19-12-13-19)25-22(26-29)20-6-3-4-14-24-20/h3-4,6,8-11,14,19,21H,5,7,12-13,15-16H2,1-2H3. The van der Waals surface area contributed by atoms with Gasteiger partial charge in [0.1, 0.15) is 11.5 Å². The molecule has 2 aromatic heterocycles. The van der Waals surface area contributed by atoms with Crippen LogP contribution in [0, 0.1) is 0 Å². The molecule has 6 heteroatoms. The summed E-state index contributed by atoms with van der Waals surface area (Å²) in [6, 6.07) is 15.7. The number of aromatic nitrogens is 4. The highest BCUT2D eigenvalue weighted by atomic mass is 15.4. The van der Waals surface area contributed by atoms with Crippen LogP contribution in [0.5, 0.6) is 0 Å². The van der Waals surface area contributed by atoms with Crippen LogP contribution in [0.2, 0.25) is 0 Å². The largest absolute Gasteiger partial charge is 0.378 e. The molecule has 1 saturated heterocycles. The van der Waals surface area contributed by atoms with Crippen LogP contribution in [-0.4, -0.2) is 51.3 Å². The van der Waals surface area contributed by atoms with E-state index >= 15 is 0 Å². The monoisotopic (exact) mass is 388 g/mol. The molecule has 0 spiro atoms. The number of likely N-dealkylation sites (tertiary alicyclic amines) is 1. The SMILES string of the molecule is CN(C)c1ccc(Cn2nc(-c3ccccn3)nc2C2CCCN2C2CC2)cc1. The fourth-order valence-electron chi connectivity index (χ4n) is 4.30. The zero-order chi connectivity index (χ0) is 19.8. The zero-order valence-corrected chi connectivity index (χ0v) is 17.2. The molecule has 1 atom stereocenters. The third-order valence-electron chi connectivity index (χ3n) is 5.99. The van der Waals surface area contributed by atoms with Crippen LogP contribution >= 0.6 is 0 Å². The highest BCUT2D eigenvalue weighted by Gasteiger charge is 2.39. The molecule has 0 N–H and O–H groups in total.